The van der Waals surface area contributed by atoms with Crippen LogP contribution in [0, 0.1) is 29.1 Å². The van der Waals surface area contributed by atoms with E-state index in [4.69, 9.17) is 4.74 Å². The van der Waals surface area contributed by atoms with Crippen molar-refractivity contribution in [3.05, 3.63) is 0 Å². The molecule has 1 N–H and O–H groups in total. The first-order valence-electron chi connectivity index (χ1n) is 9.58. The van der Waals surface area contributed by atoms with Crippen molar-refractivity contribution in [3.63, 3.8) is 0 Å². The van der Waals surface area contributed by atoms with Crippen LogP contribution in [-0.4, -0.2) is 25.8 Å². The Morgan fingerprint density at radius 1 is 1.00 bits per heavy atom. The van der Waals surface area contributed by atoms with Crippen LogP contribution in [0.3, 0.4) is 0 Å². The number of hydrogen-bond donors (Lipinski definition) is 1. The highest BCUT2D eigenvalue weighted by atomic mass is 16.5. The maximum absolute atomic E-state index is 5.57. The molecule has 5 rings (SSSR count). The smallest absolute Gasteiger partial charge is 0.0468 e. The number of ether oxygens (including phenoxy) is 1. The van der Waals surface area contributed by atoms with Crippen LogP contribution in [0.15, 0.2) is 0 Å². The number of rotatable bonds is 5. The average molecular weight is 291 g/mol. The topological polar surface area (TPSA) is 21.3 Å². The van der Waals surface area contributed by atoms with Gasteiger partial charge in [-0.15, -0.1) is 0 Å². The van der Waals surface area contributed by atoms with Gasteiger partial charge in [0.1, 0.15) is 0 Å². The van der Waals surface area contributed by atoms with Crippen molar-refractivity contribution in [2.75, 3.05) is 19.8 Å². The molecule has 0 aromatic rings. The van der Waals surface area contributed by atoms with Crippen molar-refractivity contribution >= 4 is 0 Å². The molecule has 1 saturated heterocycles. The standard InChI is InChI=1S/C19H33NO/c1-2-20-18(10-14-3-5-21-6-4-14)19-11-15-7-16(12-19)9-17(8-15)13-19/h14-18,20H,2-13H2,1H3. The maximum atomic E-state index is 5.57. The molecule has 0 spiro atoms. The number of nitrogens with one attached hydrogen (secondary N) is 1. The SMILES string of the molecule is CCNC(CC1CCOCC1)C12CC3CC(CC(C3)C1)C2. The van der Waals surface area contributed by atoms with Crippen LogP contribution in [0.5, 0.6) is 0 Å². The first-order chi connectivity index (χ1) is 10.3. The lowest BCUT2D eigenvalue weighted by Gasteiger charge is -2.60. The highest BCUT2D eigenvalue weighted by Crippen LogP contribution is 2.61. The molecule has 4 aliphatic carbocycles. The minimum atomic E-state index is 0.670. The van der Waals surface area contributed by atoms with Crippen LogP contribution >= 0.6 is 0 Å². The molecule has 5 fully saturated rings. The van der Waals surface area contributed by atoms with Gasteiger partial charge in [-0.3, -0.25) is 0 Å². The second kappa shape index (κ2) is 5.85. The van der Waals surface area contributed by atoms with Gasteiger partial charge in [0.25, 0.3) is 0 Å². The quantitative estimate of drug-likeness (QED) is 0.826. The van der Waals surface area contributed by atoms with Crippen molar-refractivity contribution in [1.82, 2.24) is 5.32 Å². The van der Waals surface area contributed by atoms with Gasteiger partial charge in [0.15, 0.2) is 0 Å². The molecule has 21 heavy (non-hydrogen) atoms. The van der Waals surface area contributed by atoms with E-state index < -0.39 is 0 Å². The van der Waals surface area contributed by atoms with Gasteiger partial charge in [-0.2, -0.15) is 0 Å². The molecule has 2 nitrogen and oxygen atoms in total. The Kier molecular flexibility index (Phi) is 4.04. The molecule has 1 aliphatic heterocycles. The van der Waals surface area contributed by atoms with E-state index in [1.165, 1.54) is 19.3 Å². The van der Waals surface area contributed by atoms with E-state index in [-0.39, 0.29) is 0 Å². The van der Waals surface area contributed by atoms with E-state index in [1.807, 2.05) is 0 Å². The molecule has 1 atom stereocenters. The predicted octanol–water partition coefficient (Wildman–Crippen LogP) is 4.00. The van der Waals surface area contributed by atoms with Gasteiger partial charge in [0.05, 0.1) is 0 Å². The minimum absolute atomic E-state index is 0.670. The lowest BCUT2D eigenvalue weighted by Crippen LogP contribution is -2.56. The molecule has 0 radical (unpaired) electrons. The third-order valence-electron chi connectivity index (χ3n) is 7.19. The van der Waals surface area contributed by atoms with Crippen molar-refractivity contribution < 1.29 is 4.74 Å². The normalized spacial score (nSPS) is 44.1. The summed E-state index contributed by atoms with van der Waals surface area (Å²) in [4.78, 5) is 0. The van der Waals surface area contributed by atoms with Gasteiger partial charge in [-0.05, 0) is 93.4 Å². The maximum Gasteiger partial charge on any atom is 0.0468 e. The summed E-state index contributed by atoms with van der Waals surface area (Å²) >= 11 is 0. The monoisotopic (exact) mass is 291 g/mol. The molecule has 2 heteroatoms. The Balaban J connectivity index is 1.49. The average Bonchev–Trinajstić information content (AvgIpc) is 2.46. The summed E-state index contributed by atoms with van der Waals surface area (Å²) in [6.45, 7) is 5.46. The summed E-state index contributed by atoms with van der Waals surface area (Å²) in [6, 6.07) is 0.791. The molecule has 4 bridgehead atoms. The highest BCUT2D eigenvalue weighted by molar-refractivity contribution is 5.06. The van der Waals surface area contributed by atoms with E-state index in [0.717, 1.165) is 49.5 Å². The Hall–Kier alpha value is -0.0800. The second-order valence-electron chi connectivity index (χ2n) is 8.68. The van der Waals surface area contributed by atoms with Gasteiger partial charge in [-0.25, -0.2) is 0 Å². The Bertz CT molecular complexity index is 325. The van der Waals surface area contributed by atoms with Crippen LogP contribution in [0.2, 0.25) is 0 Å². The summed E-state index contributed by atoms with van der Waals surface area (Å²) < 4.78 is 5.57. The highest BCUT2D eigenvalue weighted by Gasteiger charge is 2.54. The van der Waals surface area contributed by atoms with E-state index in [9.17, 15) is 0 Å². The van der Waals surface area contributed by atoms with Crippen LogP contribution in [0.25, 0.3) is 0 Å². The second-order valence-corrected chi connectivity index (χ2v) is 8.68. The van der Waals surface area contributed by atoms with Gasteiger partial charge < -0.3 is 10.1 Å². The van der Waals surface area contributed by atoms with Crippen LogP contribution in [-0.2, 0) is 4.74 Å². The zero-order chi connectivity index (χ0) is 14.3. The van der Waals surface area contributed by atoms with E-state index in [2.05, 4.69) is 12.2 Å². The first kappa shape index (κ1) is 14.5. The summed E-state index contributed by atoms with van der Waals surface area (Å²) in [6.07, 6.45) is 13.3. The molecule has 0 amide bonds. The lowest BCUT2D eigenvalue weighted by molar-refractivity contribution is -0.0800. The van der Waals surface area contributed by atoms with Gasteiger partial charge in [0.2, 0.25) is 0 Å². The lowest BCUT2D eigenvalue weighted by atomic mass is 9.47. The van der Waals surface area contributed by atoms with Crippen molar-refractivity contribution in [1.29, 1.82) is 0 Å². The molecule has 0 aromatic carbocycles. The summed E-state index contributed by atoms with van der Waals surface area (Å²) in [5.41, 5.74) is 0.670. The Morgan fingerprint density at radius 3 is 2.10 bits per heavy atom. The summed E-state index contributed by atoms with van der Waals surface area (Å²) in [5.74, 6) is 4.14. The van der Waals surface area contributed by atoms with E-state index in [1.54, 1.807) is 38.5 Å². The molecule has 1 heterocycles. The molecule has 5 aliphatic rings. The molecule has 0 aromatic heterocycles. The van der Waals surface area contributed by atoms with Crippen molar-refractivity contribution in [2.24, 2.45) is 29.1 Å². The first-order valence-corrected chi connectivity index (χ1v) is 9.58. The largest absolute Gasteiger partial charge is 0.381 e. The molecule has 1 unspecified atom stereocenters. The summed E-state index contributed by atoms with van der Waals surface area (Å²) in [7, 11) is 0. The van der Waals surface area contributed by atoms with Gasteiger partial charge in [0, 0.05) is 19.3 Å². The molecular formula is C19H33NO. The van der Waals surface area contributed by atoms with Gasteiger partial charge >= 0.3 is 0 Å². The zero-order valence-electron chi connectivity index (χ0n) is 13.8. The zero-order valence-corrected chi connectivity index (χ0v) is 13.8. The third kappa shape index (κ3) is 2.79. The molecule has 120 valence electrons. The molecule has 4 saturated carbocycles. The van der Waals surface area contributed by atoms with Crippen LogP contribution in [0.4, 0.5) is 0 Å². The third-order valence-corrected chi connectivity index (χ3v) is 7.19. The summed E-state index contributed by atoms with van der Waals surface area (Å²) in [5, 5.41) is 3.95. The van der Waals surface area contributed by atoms with Crippen molar-refractivity contribution in [2.45, 2.75) is 70.8 Å². The fraction of sp³-hybridized carbons (Fsp3) is 1.00. The Morgan fingerprint density at radius 2 is 1.57 bits per heavy atom. The van der Waals surface area contributed by atoms with Crippen LogP contribution < -0.4 is 5.32 Å². The van der Waals surface area contributed by atoms with E-state index in [0.29, 0.717) is 5.41 Å². The fourth-order valence-electron chi connectivity index (χ4n) is 6.72. The van der Waals surface area contributed by atoms with Crippen LogP contribution in [0.1, 0.15) is 64.7 Å². The fourth-order valence-corrected chi connectivity index (χ4v) is 6.72. The predicted molar refractivity (Wildman–Crippen MR) is 86.2 cm³/mol. The van der Waals surface area contributed by atoms with Gasteiger partial charge in [-0.1, -0.05) is 6.92 Å². The minimum Gasteiger partial charge on any atom is -0.381 e. The molecular weight excluding hydrogens is 258 g/mol. The van der Waals surface area contributed by atoms with E-state index >= 15 is 0 Å². The van der Waals surface area contributed by atoms with Crippen molar-refractivity contribution in [3.8, 4) is 0 Å². The number of hydrogen-bond acceptors (Lipinski definition) is 2. The Labute approximate surface area is 130 Å².